The molecule has 0 bridgehead atoms. The summed E-state index contributed by atoms with van der Waals surface area (Å²) in [6.45, 7) is 4.20. The van der Waals surface area contributed by atoms with E-state index < -0.39 is 10.0 Å². The van der Waals surface area contributed by atoms with Crippen molar-refractivity contribution in [3.05, 3.63) is 48.5 Å². The van der Waals surface area contributed by atoms with Crippen LogP contribution in [0.15, 0.2) is 47.6 Å². The lowest BCUT2D eigenvalue weighted by molar-refractivity contribution is 0.581. The van der Waals surface area contributed by atoms with Crippen LogP contribution in [0.25, 0.3) is 11.4 Å². The van der Waals surface area contributed by atoms with Crippen LogP contribution in [0.3, 0.4) is 0 Å². The Hall–Kier alpha value is -2.78. The van der Waals surface area contributed by atoms with E-state index in [0.717, 1.165) is 30.1 Å². The van der Waals surface area contributed by atoms with Crippen molar-refractivity contribution in [3.63, 3.8) is 0 Å². The van der Waals surface area contributed by atoms with Gasteiger partial charge in [-0.25, -0.2) is 28.1 Å². The van der Waals surface area contributed by atoms with Gasteiger partial charge in [0, 0.05) is 30.9 Å². The summed E-state index contributed by atoms with van der Waals surface area (Å²) in [6, 6.07) is 8.49. The predicted octanol–water partition coefficient (Wildman–Crippen LogP) is 3.18. The minimum absolute atomic E-state index is 0.0807. The molecule has 0 unspecified atom stereocenters. The molecule has 4 rings (SSSR count). The number of benzene rings is 1. The van der Waals surface area contributed by atoms with Crippen LogP contribution >= 0.6 is 0 Å². The van der Waals surface area contributed by atoms with E-state index in [0.29, 0.717) is 17.6 Å². The molecule has 8 nitrogen and oxygen atoms in total. The van der Waals surface area contributed by atoms with Gasteiger partial charge in [-0.3, -0.25) is 0 Å². The molecular weight excluding hydrogens is 388 g/mol. The molecule has 0 spiro atoms. The maximum Gasteiger partial charge on any atom is 0.240 e. The van der Waals surface area contributed by atoms with Crippen molar-refractivity contribution < 1.29 is 8.42 Å². The van der Waals surface area contributed by atoms with E-state index >= 15 is 0 Å². The van der Waals surface area contributed by atoms with Crippen LogP contribution in [-0.2, 0) is 17.1 Å². The van der Waals surface area contributed by atoms with Crippen molar-refractivity contribution in [1.82, 2.24) is 24.2 Å². The highest BCUT2D eigenvalue weighted by molar-refractivity contribution is 7.89. The molecular formula is C20H24N6O2S. The Bertz CT molecular complexity index is 1120. The van der Waals surface area contributed by atoms with Crippen LogP contribution in [0.1, 0.15) is 38.4 Å². The number of anilines is 2. The molecule has 29 heavy (non-hydrogen) atoms. The number of imidazole rings is 1. The Labute approximate surface area is 170 Å². The minimum atomic E-state index is -3.46. The van der Waals surface area contributed by atoms with Gasteiger partial charge in [0.1, 0.15) is 5.82 Å². The summed E-state index contributed by atoms with van der Waals surface area (Å²) in [6.07, 6.45) is 5.31. The van der Waals surface area contributed by atoms with Crippen LogP contribution in [0, 0.1) is 0 Å². The number of sulfonamides is 1. The average molecular weight is 413 g/mol. The lowest BCUT2D eigenvalue weighted by atomic mass is 10.2. The molecule has 2 heterocycles. The van der Waals surface area contributed by atoms with Gasteiger partial charge in [0.15, 0.2) is 0 Å². The predicted molar refractivity (Wildman–Crippen MR) is 111 cm³/mol. The largest absolute Gasteiger partial charge is 0.330 e. The lowest BCUT2D eigenvalue weighted by Gasteiger charge is -2.10. The molecule has 0 amide bonds. The molecule has 9 heteroatoms. The second-order valence-electron chi connectivity index (χ2n) is 7.53. The van der Waals surface area contributed by atoms with E-state index in [4.69, 9.17) is 0 Å². The zero-order valence-electron chi connectivity index (χ0n) is 16.6. The third-order valence-electron chi connectivity index (χ3n) is 4.78. The van der Waals surface area contributed by atoms with Crippen molar-refractivity contribution >= 4 is 21.7 Å². The molecule has 0 atom stereocenters. The van der Waals surface area contributed by atoms with E-state index in [1.54, 1.807) is 30.5 Å². The maximum absolute atomic E-state index is 12.3. The first-order valence-corrected chi connectivity index (χ1v) is 11.1. The molecule has 2 aromatic heterocycles. The number of aromatic nitrogens is 4. The number of rotatable bonds is 7. The normalized spacial score (nSPS) is 14.3. The molecule has 1 fully saturated rings. The van der Waals surface area contributed by atoms with Gasteiger partial charge in [0.25, 0.3) is 0 Å². The van der Waals surface area contributed by atoms with Gasteiger partial charge in [-0.15, -0.1) is 0 Å². The average Bonchev–Trinajstić information content (AvgIpc) is 3.39. The van der Waals surface area contributed by atoms with Crippen molar-refractivity contribution in [2.75, 3.05) is 5.32 Å². The Morgan fingerprint density at radius 2 is 1.83 bits per heavy atom. The molecule has 0 radical (unpaired) electrons. The first-order chi connectivity index (χ1) is 13.8. The Morgan fingerprint density at radius 1 is 1.10 bits per heavy atom. The zero-order valence-corrected chi connectivity index (χ0v) is 17.4. The highest BCUT2D eigenvalue weighted by Gasteiger charge is 2.27. The van der Waals surface area contributed by atoms with E-state index in [1.165, 1.54) is 0 Å². The summed E-state index contributed by atoms with van der Waals surface area (Å²) in [7, 11) is -1.48. The summed E-state index contributed by atoms with van der Waals surface area (Å²) in [5.41, 5.74) is 2.38. The molecule has 1 aliphatic carbocycles. The van der Waals surface area contributed by atoms with Crippen molar-refractivity contribution in [2.45, 2.75) is 43.5 Å². The molecule has 1 saturated carbocycles. The number of hydrogen-bond acceptors (Lipinski definition) is 6. The number of hydrogen-bond donors (Lipinski definition) is 2. The van der Waals surface area contributed by atoms with E-state index in [9.17, 15) is 8.42 Å². The molecule has 152 valence electrons. The Morgan fingerprint density at radius 3 is 2.45 bits per heavy atom. The Kier molecular flexibility index (Phi) is 5.10. The summed E-state index contributed by atoms with van der Waals surface area (Å²) < 4.78 is 29.2. The van der Waals surface area contributed by atoms with Gasteiger partial charge in [0.05, 0.1) is 22.5 Å². The minimum Gasteiger partial charge on any atom is -0.330 e. The summed E-state index contributed by atoms with van der Waals surface area (Å²) in [5.74, 6) is 1.74. The molecule has 1 aliphatic rings. The van der Waals surface area contributed by atoms with Gasteiger partial charge in [-0.2, -0.15) is 0 Å². The molecule has 2 N–H and O–H groups in total. The molecule has 0 aliphatic heterocycles. The maximum atomic E-state index is 12.3. The van der Waals surface area contributed by atoms with Gasteiger partial charge < -0.3 is 9.88 Å². The van der Waals surface area contributed by atoms with Crippen molar-refractivity contribution in [2.24, 2.45) is 7.05 Å². The van der Waals surface area contributed by atoms with Gasteiger partial charge >= 0.3 is 0 Å². The first kappa shape index (κ1) is 19.5. The third kappa shape index (κ3) is 4.30. The van der Waals surface area contributed by atoms with Crippen LogP contribution in [0.2, 0.25) is 0 Å². The quantitative estimate of drug-likeness (QED) is 0.618. The summed E-state index contributed by atoms with van der Waals surface area (Å²) in [5, 5.41) is 3.13. The first-order valence-electron chi connectivity index (χ1n) is 9.58. The SMILES string of the molecule is CC(C)c1ncc(-c2ccnc(Nc3ccc(S(=O)(=O)NC4CC4)cc3)n2)n1C. The van der Waals surface area contributed by atoms with Crippen LogP contribution in [-0.4, -0.2) is 34.0 Å². The fourth-order valence-corrected chi connectivity index (χ4v) is 4.40. The second kappa shape index (κ2) is 7.57. The van der Waals surface area contributed by atoms with Gasteiger partial charge in [0.2, 0.25) is 16.0 Å². The number of nitrogens with one attached hydrogen (secondary N) is 2. The molecule has 0 saturated heterocycles. The second-order valence-corrected chi connectivity index (χ2v) is 9.24. The van der Waals surface area contributed by atoms with Crippen LogP contribution < -0.4 is 10.0 Å². The highest BCUT2D eigenvalue weighted by atomic mass is 32.2. The molecule has 1 aromatic carbocycles. The smallest absolute Gasteiger partial charge is 0.240 e. The van der Waals surface area contributed by atoms with E-state index in [2.05, 4.69) is 38.8 Å². The summed E-state index contributed by atoms with van der Waals surface area (Å²) >= 11 is 0. The third-order valence-corrected chi connectivity index (χ3v) is 6.31. The van der Waals surface area contributed by atoms with Gasteiger partial charge in [-0.1, -0.05) is 13.8 Å². The van der Waals surface area contributed by atoms with Gasteiger partial charge in [-0.05, 0) is 43.2 Å². The van der Waals surface area contributed by atoms with Crippen LogP contribution in [0.5, 0.6) is 0 Å². The fraction of sp³-hybridized carbons (Fsp3) is 0.350. The topological polar surface area (TPSA) is 102 Å². The standard InChI is InChI=1S/C20H24N6O2S/c1-13(2)19-22-12-18(26(19)3)17-10-11-21-20(24-17)23-14-6-8-16(9-7-14)29(27,28)25-15-4-5-15/h6-13,15,25H,4-5H2,1-3H3,(H,21,23,24). The van der Waals surface area contributed by atoms with Crippen molar-refractivity contribution in [1.29, 1.82) is 0 Å². The number of nitrogens with zero attached hydrogens (tertiary/aromatic N) is 4. The highest BCUT2D eigenvalue weighted by Crippen LogP contribution is 2.25. The lowest BCUT2D eigenvalue weighted by Crippen LogP contribution is -2.25. The van der Waals surface area contributed by atoms with E-state index in [1.807, 2.05) is 23.9 Å². The summed E-state index contributed by atoms with van der Waals surface area (Å²) in [4.78, 5) is 13.6. The Balaban J connectivity index is 1.52. The fourth-order valence-electron chi connectivity index (χ4n) is 3.09. The van der Waals surface area contributed by atoms with Crippen molar-refractivity contribution in [3.8, 4) is 11.4 Å². The monoisotopic (exact) mass is 412 g/mol. The zero-order chi connectivity index (χ0) is 20.6. The van der Waals surface area contributed by atoms with E-state index in [-0.39, 0.29) is 10.9 Å². The van der Waals surface area contributed by atoms with Crippen LogP contribution in [0.4, 0.5) is 11.6 Å². The molecule has 3 aromatic rings.